The molecule has 4 aromatic rings. The Kier molecular flexibility index (Phi) is 8.01. The Morgan fingerprint density at radius 2 is 1.82 bits per heavy atom. The summed E-state index contributed by atoms with van der Waals surface area (Å²) >= 11 is 1.50. The zero-order valence-electron chi connectivity index (χ0n) is 20.4. The minimum absolute atomic E-state index is 0.138. The van der Waals surface area contributed by atoms with Gasteiger partial charge in [-0.05, 0) is 29.3 Å². The zero-order valence-corrected chi connectivity index (χ0v) is 21.2. The highest BCUT2D eigenvalue weighted by Crippen LogP contribution is 2.35. The second-order valence-corrected chi connectivity index (χ2v) is 9.87. The van der Waals surface area contributed by atoms with Gasteiger partial charge in [0, 0.05) is 41.4 Å². The SMILES string of the molecule is O=c1cc(CN2CCOCC2)occ1OCc1ccccc1CSc1ccnc2cc(C(F)(F)F)ccc12. The molecule has 0 bridgehead atoms. The zero-order chi connectivity index (χ0) is 26.5. The summed E-state index contributed by atoms with van der Waals surface area (Å²) in [7, 11) is 0. The predicted molar refractivity (Wildman–Crippen MR) is 138 cm³/mol. The lowest BCUT2D eigenvalue weighted by Gasteiger charge is -2.25. The topological polar surface area (TPSA) is 64.8 Å². The number of ether oxygens (including phenoxy) is 2. The second kappa shape index (κ2) is 11.6. The van der Waals surface area contributed by atoms with Crippen molar-refractivity contribution in [3.8, 4) is 5.75 Å². The van der Waals surface area contributed by atoms with Crippen LogP contribution in [0.2, 0.25) is 0 Å². The van der Waals surface area contributed by atoms with Gasteiger partial charge >= 0.3 is 6.18 Å². The number of hydrogen-bond acceptors (Lipinski definition) is 7. The van der Waals surface area contributed by atoms with Gasteiger partial charge in [0.05, 0.1) is 30.8 Å². The van der Waals surface area contributed by atoms with Gasteiger partial charge in [-0.1, -0.05) is 30.3 Å². The lowest BCUT2D eigenvalue weighted by Crippen LogP contribution is -2.35. The fourth-order valence-corrected chi connectivity index (χ4v) is 5.26. The molecule has 6 nitrogen and oxygen atoms in total. The molecule has 10 heteroatoms. The summed E-state index contributed by atoms with van der Waals surface area (Å²) in [5, 5.41) is 0.661. The van der Waals surface area contributed by atoms with Crippen molar-refractivity contribution in [3.63, 3.8) is 0 Å². The van der Waals surface area contributed by atoms with E-state index in [-0.39, 0.29) is 17.8 Å². The normalized spacial score (nSPS) is 14.6. The van der Waals surface area contributed by atoms with Crippen molar-refractivity contribution in [2.75, 3.05) is 26.3 Å². The van der Waals surface area contributed by atoms with Crippen LogP contribution in [0.1, 0.15) is 22.5 Å². The van der Waals surface area contributed by atoms with E-state index >= 15 is 0 Å². The molecule has 1 fully saturated rings. The van der Waals surface area contributed by atoms with Gasteiger partial charge in [0.2, 0.25) is 11.2 Å². The molecule has 0 aliphatic carbocycles. The van der Waals surface area contributed by atoms with E-state index < -0.39 is 11.7 Å². The molecule has 1 saturated heterocycles. The summed E-state index contributed by atoms with van der Waals surface area (Å²) in [5.74, 6) is 1.28. The minimum atomic E-state index is -4.42. The Hall–Kier alpha value is -3.34. The van der Waals surface area contributed by atoms with Gasteiger partial charge in [-0.25, -0.2) is 0 Å². The first kappa shape index (κ1) is 26.3. The Labute approximate surface area is 221 Å². The molecule has 0 spiro atoms. The lowest BCUT2D eigenvalue weighted by atomic mass is 10.1. The molecule has 3 heterocycles. The maximum absolute atomic E-state index is 13.1. The van der Waals surface area contributed by atoms with Crippen LogP contribution in [0.25, 0.3) is 10.9 Å². The van der Waals surface area contributed by atoms with Gasteiger partial charge in [0.15, 0.2) is 0 Å². The van der Waals surface area contributed by atoms with Crippen molar-refractivity contribution < 1.29 is 27.1 Å². The summed E-state index contributed by atoms with van der Waals surface area (Å²) in [6.07, 6.45) is -1.55. The number of hydrogen-bond donors (Lipinski definition) is 0. The number of benzene rings is 2. The van der Waals surface area contributed by atoms with Crippen LogP contribution >= 0.6 is 11.8 Å². The molecule has 0 atom stereocenters. The second-order valence-electron chi connectivity index (χ2n) is 8.85. The summed E-state index contributed by atoms with van der Waals surface area (Å²) in [4.78, 5) is 19.7. The number of halogens is 3. The molecule has 1 aliphatic rings. The van der Waals surface area contributed by atoms with E-state index in [0.717, 1.165) is 41.2 Å². The van der Waals surface area contributed by atoms with E-state index in [1.165, 1.54) is 36.4 Å². The predicted octanol–water partition coefficient (Wildman–Crippen LogP) is 5.91. The molecule has 198 valence electrons. The number of morpholine rings is 1. The van der Waals surface area contributed by atoms with Gasteiger partial charge in [0.25, 0.3) is 0 Å². The summed E-state index contributed by atoms with van der Waals surface area (Å²) < 4.78 is 56.1. The average molecular weight is 543 g/mol. The largest absolute Gasteiger partial charge is 0.482 e. The monoisotopic (exact) mass is 542 g/mol. The third-order valence-corrected chi connectivity index (χ3v) is 7.37. The highest BCUT2D eigenvalue weighted by Gasteiger charge is 2.30. The number of nitrogens with zero attached hydrogens (tertiary/aromatic N) is 2. The first-order valence-electron chi connectivity index (χ1n) is 12.1. The van der Waals surface area contributed by atoms with Crippen molar-refractivity contribution in [2.45, 2.75) is 30.0 Å². The molecule has 0 amide bonds. The van der Waals surface area contributed by atoms with Crippen molar-refractivity contribution in [3.05, 3.63) is 99.7 Å². The first-order chi connectivity index (χ1) is 18.4. The van der Waals surface area contributed by atoms with Crippen LogP contribution in [0.4, 0.5) is 13.2 Å². The third-order valence-electron chi connectivity index (χ3n) is 6.25. The number of fused-ring (bicyclic) bond motifs is 1. The number of thioether (sulfide) groups is 1. The summed E-state index contributed by atoms with van der Waals surface area (Å²) in [5.41, 5.74) is 1.22. The van der Waals surface area contributed by atoms with Crippen LogP contribution in [0.5, 0.6) is 5.75 Å². The molecule has 2 aromatic carbocycles. The average Bonchev–Trinajstić information content (AvgIpc) is 2.91. The Morgan fingerprint density at radius 1 is 1.03 bits per heavy atom. The van der Waals surface area contributed by atoms with E-state index in [0.29, 0.717) is 42.2 Å². The van der Waals surface area contributed by atoms with E-state index in [1.54, 1.807) is 6.07 Å². The van der Waals surface area contributed by atoms with Crippen molar-refractivity contribution in [1.29, 1.82) is 0 Å². The molecule has 0 radical (unpaired) electrons. The number of alkyl halides is 3. The molecule has 5 rings (SSSR count). The van der Waals surface area contributed by atoms with Crippen molar-refractivity contribution >= 4 is 22.7 Å². The van der Waals surface area contributed by atoms with Gasteiger partial charge < -0.3 is 13.9 Å². The van der Waals surface area contributed by atoms with Crippen molar-refractivity contribution in [1.82, 2.24) is 9.88 Å². The Balaban J connectivity index is 1.25. The van der Waals surface area contributed by atoms with Crippen LogP contribution < -0.4 is 10.2 Å². The van der Waals surface area contributed by atoms with E-state index in [1.807, 2.05) is 24.3 Å². The highest BCUT2D eigenvalue weighted by molar-refractivity contribution is 7.98. The molecule has 38 heavy (non-hydrogen) atoms. The van der Waals surface area contributed by atoms with E-state index in [9.17, 15) is 18.0 Å². The standard InChI is InChI=1S/C28H25F3N2O4S/c29-28(30,31)21-5-6-23-24(13-21)32-8-7-27(23)38-18-20-4-2-1-3-19(20)16-37-26-17-36-22(14-25(26)34)15-33-9-11-35-12-10-33/h1-8,13-14,17H,9-12,15-16,18H2. The number of pyridine rings is 1. The van der Waals surface area contributed by atoms with Gasteiger partial charge in [0.1, 0.15) is 18.6 Å². The molecule has 2 aromatic heterocycles. The third kappa shape index (κ3) is 6.38. The minimum Gasteiger partial charge on any atom is -0.482 e. The molecular formula is C28H25F3N2O4S. The quantitative estimate of drug-likeness (QED) is 0.257. The maximum atomic E-state index is 13.1. The molecular weight excluding hydrogens is 517 g/mol. The van der Waals surface area contributed by atoms with Crippen LogP contribution in [-0.4, -0.2) is 36.2 Å². The Bertz CT molecular complexity index is 1470. The van der Waals surface area contributed by atoms with Crippen LogP contribution in [0, 0.1) is 0 Å². The lowest BCUT2D eigenvalue weighted by molar-refractivity contribution is -0.137. The van der Waals surface area contributed by atoms with Gasteiger partial charge in [-0.2, -0.15) is 13.2 Å². The van der Waals surface area contributed by atoms with Crippen molar-refractivity contribution in [2.24, 2.45) is 0 Å². The van der Waals surface area contributed by atoms with E-state index in [4.69, 9.17) is 13.9 Å². The molecule has 0 unspecified atom stereocenters. The summed E-state index contributed by atoms with van der Waals surface area (Å²) in [6, 6.07) is 14.6. The first-order valence-corrected chi connectivity index (χ1v) is 13.1. The Morgan fingerprint density at radius 3 is 2.58 bits per heavy atom. The smallest absolute Gasteiger partial charge is 0.416 e. The van der Waals surface area contributed by atoms with Gasteiger partial charge in [-0.15, -0.1) is 11.8 Å². The van der Waals surface area contributed by atoms with Crippen LogP contribution in [0.3, 0.4) is 0 Å². The van der Waals surface area contributed by atoms with E-state index in [2.05, 4.69) is 9.88 Å². The maximum Gasteiger partial charge on any atom is 0.416 e. The fraction of sp³-hybridized carbons (Fsp3) is 0.286. The van der Waals surface area contributed by atoms with Crippen LogP contribution in [0.15, 0.2) is 81.2 Å². The highest BCUT2D eigenvalue weighted by atomic mass is 32.2. The molecule has 1 aliphatic heterocycles. The number of rotatable bonds is 8. The fourth-order valence-electron chi connectivity index (χ4n) is 4.18. The van der Waals surface area contributed by atoms with Crippen LogP contribution in [-0.2, 0) is 29.8 Å². The van der Waals surface area contributed by atoms with Gasteiger partial charge in [-0.3, -0.25) is 14.7 Å². The molecule has 0 saturated carbocycles. The molecule has 0 N–H and O–H groups in total. The number of aromatic nitrogens is 1. The summed E-state index contributed by atoms with van der Waals surface area (Å²) in [6.45, 7) is 3.64.